The molecule has 0 radical (unpaired) electrons. The van der Waals surface area contributed by atoms with Crippen molar-refractivity contribution < 1.29 is 14.4 Å². The fourth-order valence-corrected chi connectivity index (χ4v) is 2.13. The normalized spacial score (nSPS) is 12.9. The van der Waals surface area contributed by atoms with Gasteiger partial charge in [0.05, 0.1) is 13.2 Å². The zero-order valence-corrected chi connectivity index (χ0v) is 10.7. The van der Waals surface area contributed by atoms with E-state index in [1.54, 1.807) is 12.1 Å². The van der Waals surface area contributed by atoms with E-state index in [1.165, 1.54) is 0 Å². The van der Waals surface area contributed by atoms with Crippen molar-refractivity contribution in [3.8, 4) is 5.75 Å². The Morgan fingerprint density at radius 3 is 2.80 bits per heavy atom. The molecule has 5 heteroatoms. The van der Waals surface area contributed by atoms with E-state index < -0.39 is 7.12 Å². The molecule has 1 aliphatic heterocycles. The number of rotatable bonds is 3. The van der Waals surface area contributed by atoms with Gasteiger partial charge >= 0.3 is 7.12 Å². The van der Waals surface area contributed by atoms with Crippen LogP contribution in [0, 0.1) is 6.57 Å². The van der Waals surface area contributed by atoms with Gasteiger partial charge < -0.3 is 14.4 Å². The number of ether oxygens (including phenoxy) is 1. The van der Waals surface area contributed by atoms with E-state index in [1.807, 2.05) is 30.3 Å². The highest BCUT2D eigenvalue weighted by Crippen LogP contribution is 2.19. The summed E-state index contributed by atoms with van der Waals surface area (Å²) in [7, 11) is -0.819. The largest absolute Gasteiger partial charge is 0.491 e. The smallest absolute Gasteiger partial charge is 0.489 e. The van der Waals surface area contributed by atoms with Gasteiger partial charge in [-0.15, -0.1) is 0 Å². The predicted molar refractivity (Wildman–Crippen MR) is 75.9 cm³/mol. The molecule has 0 fully saturated rings. The van der Waals surface area contributed by atoms with Gasteiger partial charge in [-0.2, -0.15) is 0 Å². The molecular weight excluding hydrogens is 253 g/mol. The van der Waals surface area contributed by atoms with Gasteiger partial charge in [0.15, 0.2) is 5.69 Å². The number of hydrogen-bond donors (Lipinski definition) is 1. The summed E-state index contributed by atoms with van der Waals surface area (Å²) >= 11 is 0. The number of fused-ring (bicyclic) bond motifs is 1. The standard InChI is InChI=1S/C15H12BNO3/c1-17-13-4-2-11(3-5-13)9-19-14-6-7-15-12(8-14)10-20-16(15)18/h2-8,18H,9-10H2. The topological polar surface area (TPSA) is 43.0 Å². The highest BCUT2D eigenvalue weighted by molar-refractivity contribution is 6.61. The molecule has 0 aliphatic carbocycles. The Hall–Kier alpha value is -2.29. The van der Waals surface area contributed by atoms with Gasteiger partial charge in [-0.05, 0) is 28.7 Å². The van der Waals surface area contributed by atoms with Gasteiger partial charge in [0.25, 0.3) is 0 Å². The molecule has 0 saturated heterocycles. The molecule has 4 nitrogen and oxygen atoms in total. The van der Waals surface area contributed by atoms with E-state index in [0.29, 0.717) is 18.9 Å². The molecule has 0 amide bonds. The molecule has 3 rings (SSSR count). The van der Waals surface area contributed by atoms with Gasteiger partial charge in [0.1, 0.15) is 12.4 Å². The summed E-state index contributed by atoms with van der Waals surface area (Å²) < 4.78 is 10.8. The summed E-state index contributed by atoms with van der Waals surface area (Å²) in [5.74, 6) is 0.746. The van der Waals surface area contributed by atoms with Crippen LogP contribution >= 0.6 is 0 Å². The molecule has 0 saturated carbocycles. The number of nitrogens with zero attached hydrogens (tertiary/aromatic N) is 1. The van der Waals surface area contributed by atoms with Crippen molar-refractivity contribution in [3.63, 3.8) is 0 Å². The minimum Gasteiger partial charge on any atom is -0.489 e. The summed E-state index contributed by atoms with van der Waals surface area (Å²) in [6.45, 7) is 7.75. The lowest BCUT2D eigenvalue weighted by atomic mass is 9.80. The predicted octanol–water partition coefficient (Wildman–Crippen LogP) is 2.03. The summed E-state index contributed by atoms with van der Waals surface area (Å²) in [6.07, 6.45) is 0. The van der Waals surface area contributed by atoms with Gasteiger partial charge in [0, 0.05) is 0 Å². The van der Waals surface area contributed by atoms with Gasteiger partial charge in [-0.3, -0.25) is 0 Å². The molecule has 98 valence electrons. The maximum absolute atomic E-state index is 9.54. The molecule has 0 atom stereocenters. The molecule has 0 unspecified atom stereocenters. The fourth-order valence-electron chi connectivity index (χ4n) is 2.13. The molecule has 0 bridgehead atoms. The summed E-state index contributed by atoms with van der Waals surface area (Å²) in [5, 5.41) is 9.54. The van der Waals surface area contributed by atoms with Crippen molar-refractivity contribution >= 4 is 18.3 Å². The van der Waals surface area contributed by atoms with Gasteiger partial charge in [-0.25, -0.2) is 4.85 Å². The first-order chi connectivity index (χ1) is 9.76. The fraction of sp³-hybridized carbons (Fsp3) is 0.133. The van der Waals surface area contributed by atoms with Crippen LogP contribution < -0.4 is 10.2 Å². The number of hydrogen-bond acceptors (Lipinski definition) is 3. The third-order valence-electron chi connectivity index (χ3n) is 3.25. The van der Waals surface area contributed by atoms with E-state index in [-0.39, 0.29) is 0 Å². The monoisotopic (exact) mass is 265 g/mol. The first-order valence-electron chi connectivity index (χ1n) is 6.28. The van der Waals surface area contributed by atoms with E-state index in [2.05, 4.69) is 4.85 Å². The van der Waals surface area contributed by atoms with Gasteiger partial charge in [-0.1, -0.05) is 30.3 Å². The zero-order chi connectivity index (χ0) is 13.9. The van der Waals surface area contributed by atoms with Crippen LogP contribution in [-0.2, 0) is 17.9 Å². The molecule has 0 spiro atoms. The molecule has 1 aliphatic rings. The minimum absolute atomic E-state index is 0.410. The van der Waals surface area contributed by atoms with Crippen molar-refractivity contribution in [1.29, 1.82) is 0 Å². The molecule has 20 heavy (non-hydrogen) atoms. The van der Waals surface area contributed by atoms with Crippen LogP contribution in [-0.4, -0.2) is 12.1 Å². The molecule has 1 heterocycles. The molecular formula is C15H12BNO3. The highest BCUT2D eigenvalue weighted by Gasteiger charge is 2.27. The lowest BCUT2D eigenvalue weighted by Crippen LogP contribution is -2.27. The lowest BCUT2D eigenvalue weighted by Gasteiger charge is -2.08. The van der Waals surface area contributed by atoms with Crippen molar-refractivity contribution in [2.75, 3.05) is 0 Å². The second kappa shape index (κ2) is 5.37. The van der Waals surface area contributed by atoms with Crippen LogP contribution in [0.4, 0.5) is 5.69 Å². The summed E-state index contributed by atoms with van der Waals surface area (Å²) in [6, 6.07) is 12.9. The molecule has 1 N–H and O–H groups in total. The van der Waals surface area contributed by atoms with Crippen LogP contribution in [0.2, 0.25) is 0 Å². The Morgan fingerprint density at radius 2 is 2.05 bits per heavy atom. The van der Waals surface area contributed by atoms with Crippen molar-refractivity contribution in [2.24, 2.45) is 0 Å². The maximum atomic E-state index is 9.54. The Balaban J connectivity index is 1.68. The van der Waals surface area contributed by atoms with Crippen LogP contribution in [0.3, 0.4) is 0 Å². The minimum atomic E-state index is -0.819. The van der Waals surface area contributed by atoms with Crippen LogP contribution in [0.5, 0.6) is 5.75 Å². The zero-order valence-electron chi connectivity index (χ0n) is 10.7. The van der Waals surface area contributed by atoms with Gasteiger partial charge in [0.2, 0.25) is 0 Å². The summed E-state index contributed by atoms with van der Waals surface area (Å²) in [5.41, 5.74) is 3.39. The first kappa shape index (κ1) is 12.7. The average molecular weight is 265 g/mol. The summed E-state index contributed by atoms with van der Waals surface area (Å²) in [4.78, 5) is 3.35. The third kappa shape index (κ3) is 2.52. The SMILES string of the molecule is [C-]#[N+]c1ccc(COc2ccc3c(c2)COB3O)cc1. The van der Waals surface area contributed by atoms with Crippen molar-refractivity contribution in [3.05, 3.63) is 65.0 Å². The van der Waals surface area contributed by atoms with Crippen LogP contribution in [0.25, 0.3) is 4.85 Å². The Kier molecular flexibility index (Phi) is 3.42. The quantitative estimate of drug-likeness (QED) is 0.682. The lowest BCUT2D eigenvalue weighted by molar-refractivity contribution is 0.274. The second-order valence-electron chi connectivity index (χ2n) is 4.59. The first-order valence-corrected chi connectivity index (χ1v) is 6.28. The van der Waals surface area contributed by atoms with E-state index in [0.717, 1.165) is 22.3 Å². The molecule has 2 aromatic carbocycles. The molecule has 0 aromatic heterocycles. The number of benzene rings is 2. The Labute approximate surface area is 117 Å². The van der Waals surface area contributed by atoms with E-state index in [9.17, 15) is 5.02 Å². The highest BCUT2D eigenvalue weighted by atomic mass is 16.5. The Bertz CT molecular complexity index is 664. The maximum Gasteiger partial charge on any atom is 0.491 e. The van der Waals surface area contributed by atoms with Crippen molar-refractivity contribution in [1.82, 2.24) is 0 Å². The second-order valence-corrected chi connectivity index (χ2v) is 4.59. The van der Waals surface area contributed by atoms with Crippen LogP contribution in [0.15, 0.2) is 42.5 Å². The average Bonchev–Trinajstić information content (AvgIpc) is 2.87. The van der Waals surface area contributed by atoms with E-state index >= 15 is 0 Å². The van der Waals surface area contributed by atoms with Crippen LogP contribution in [0.1, 0.15) is 11.1 Å². The Morgan fingerprint density at radius 1 is 1.25 bits per heavy atom. The third-order valence-corrected chi connectivity index (χ3v) is 3.25. The van der Waals surface area contributed by atoms with E-state index in [4.69, 9.17) is 16.0 Å². The van der Waals surface area contributed by atoms with Crippen molar-refractivity contribution in [2.45, 2.75) is 13.2 Å². The molecule has 2 aromatic rings.